The lowest BCUT2D eigenvalue weighted by atomic mass is 9.58. The van der Waals surface area contributed by atoms with Gasteiger partial charge in [-0.1, -0.05) is 26.0 Å². The second-order valence-electron chi connectivity index (χ2n) is 11.0. The highest BCUT2D eigenvalue weighted by Gasteiger charge is 2.69. The number of ether oxygens (including phenoxy) is 3. The van der Waals surface area contributed by atoms with Crippen molar-refractivity contribution in [2.24, 2.45) is 23.7 Å². The SMILES string of the molecule is C[C@H]1[C@H](OC(=O)CCC(=O)NCCc2ccc(F)cc2)O[C@H]2O[C@]3(C)CC[C@H]4[C@@H](C)CC[C@H]1[C@@]24OO3. The van der Waals surface area contributed by atoms with Gasteiger partial charge < -0.3 is 19.5 Å². The van der Waals surface area contributed by atoms with Crippen LogP contribution in [0.15, 0.2) is 24.3 Å². The predicted molar refractivity (Wildman–Crippen MR) is 125 cm³/mol. The molecule has 9 heteroatoms. The van der Waals surface area contributed by atoms with E-state index in [4.69, 9.17) is 24.0 Å². The molecule has 5 aliphatic rings. The van der Waals surface area contributed by atoms with Crippen molar-refractivity contribution in [3.8, 4) is 0 Å². The van der Waals surface area contributed by atoms with Crippen molar-refractivity contribution in [1.82, 2.24) is 5.32 Å². The number of fused-ring (bicyclic) bond motifs is 2. The van der Waals surface area contributed by atoms with Crippen LogP contribution in [-0.2, 0) is 40.0 Å². The van der Waals surface area contributed by atoms with Crippen molar-refractivity contribution in [3.05, 3.63) is 35.6 Å². The summed E-state index contributed by atoms with van der Waals surface area (Å²) >= 11 is 0. The molecule has 198 valence electrons. The molecule has 1 aliphatic carbocycles. The van der Waals surface area contributed by atoms with Gasteiger partial charge in [-0.25, -0.2) is 14.2 Å². The Morgan fingerprint density at radius 2 is 1.86 bits per heavy atom. The van der Waals surface area contributed by atoms with Crippen LogP contribution in [-0.4, -0.2) is 42.4 Å². The molecule has 0 radical (unpaired) electrons. The zero-order valence-electron chi connectivity index (χ0n) is 21.2. The molecule has 2 bridgehead atoms. The van der Waals surface area contributed by atoms with Crippen molar-refractivity contribution in [2.75, 3.05) is 6.54 Å². The van der Waals surface area contributed by atoms with Gasteiger partial charge in [0.1, 0.15) is 5.82 Å². The van der Waals surface area contributed by atoms with Gasteiger partial charge in [-0.3, -0.25) is 9.59 Å². The van der Waals surface area contributed by atoms with Crippen LogP contribution in [0.25, 0.3) is 0 Å². The maximum absolute atomic E-state index is 13.0. The first-order chi connectivity index (χ1) is 17.2. The number of carbonyl (C=O) groups is 2. The molecular weight excluding hydrogens is 469 g/mol. The highest BCUT2D eigenvalue weighted by molar-refractivity contribution is 5.81. The van der Waals surface area contributed by atoms with E-state index in [1.54, 1.807) is 12.1 Å². The number of hydrogen-bond acceptors (Lipinski definition) is 7. The van der Waals surface area contributed by atoms with Crippen LogP contribution in [0, 0.1) is 29.5 Å². The van der Waals surface area contributed by atoms with Crippen molar-refractivity contribution in [3.63, 3.8) is 0 Å². The Morgan fingerprint density at radius 1 is 1.08 bits per heavy atom. The molecule has 1 aromatic rings. The summed E-state index contributed by atoms with van der Waals surface area (Å²) in [5, 5.41) is 2.79. The summed E-state index contributed by atoms with van der Waals surface area (Å²) in [6.45, 7) is 6.53. The van der Waals surface area contributed by atoms with Gasteiger partial charge in [-0.05, 0) is 62.1 Å². The number of hydrogen-bond donors (Lipinski definition) is 1. The van der Waals surface area contributed by atoms with E-state index in [-0.39, 0.29) is 42.3 Å². The Labute approximate surface area is 211 Å². The summed E-state index contributed by atoms with van der Waals surface area (Å²) in [4.78, 5) is 36.8. The normalized spacial score (nSPS) is 39.1. The van der Waals surface area contributed by atoms with Crippen molar-refractivity contribution < 1.29 is 38.0 Å². The smallest absolute Gasteiger partial charge is 0.308 e. The molecule has 6 rings (SSSR count). The van der Waals surface area contributed by atoms with Crippen molar-refractivity contribution >= 4 is 11.9 Å². The molecule has 4 heterocycles. The van der Waals surface area contributed by atoms with Gasteiger partial charge in [0.05, 0.1) is 6.42 Å². The number of benzene rings is 1. The molecule has 1 spiro atoms. The Kier molecular flexibility index (Phi) is 7.11. The third-order valence-electron chi connectivity index (χ3n) is 8.55. The Morgan fingerprint density at radius 3 is 2.64 bits per heavy atom. The quantitative estimate of drug-likeness (QED) is 0.442. The summed E-state index contributed by atoms with van der Waals surface area (Å²) < 4.78 is 31.3. The second-order valence-corrected chi connectivity index (χ2v) is 11.0. The van der Waals surface area contributed by atoms with Gasteiger partial charge in [0.15, 0.2) is 11.9 Å². The molecule has 36 heavy (non-hydrogen) atoms. The van der Waals surface area contributed by atoms with E-state index in [2.05, 4.69) is 12.2 Å². The number of esters is 1. The molecule has 8 atom stereocenters. The lowest BCUT2D eigenvalue weighted by Crippen LogP contribution is -2.70. The largest absolute Gasteiger partial charge is 0.435 e. The highest BCUT2D eigenvalue weighted by Crippen LogP contribution is 2.60. The summed E-state index contributed by atoms with van der Waals surface area (Å²) in [7, 11) is 0. The third-order valence-corrected chi connectivity index (χ3v) is 8.55. The highest BCUT2D eigenvalue weighted by atomic mass is 19.1. The van der Waals surface area contributed by atoms with Gasteiger partial charge in [0.25, 0.3) is 0 Å². The number of carbonyl (C=O) groups excluding carboxylic acids is 2. The summed E-state index contributed by atoms with van der Waals surface area (Å²) in [6, 6.07) is 6.15. The Bertz CT molecular complexity index is 973. The zero-order chi connectivity index (χ0) is 25.5. The molecule has 0 aromatic heterocycles. The monoisotopic (exact) mass is 505 g/mol. The van der Waals surface area contributed by atoms with Gasteiger partial charge in [0, 0.05) is 31.2 Å². The number of halogens is 1. The van der Waals surface area contributed by atoms with Crippen LogP contribution in [0.5, 0.6) is 0 Å². The minimum atomic E-state index is -0.890. The van der Waals surface area contributed by atoms with Crippen molar-refractivity contribution in [1.29, 1.82) is 0 Å². The Hall–Kier alpha value is -2.07. The second kappa shape index (κ2) is 10.0. The van der Waals surface area contributed by atoms with Gasteiger partial charge in [0.2, 0.25) is 18.0 Å². The summed E-state index contributed by atoms with van der Waals surface area (Å²) in [5.74, 6) is -1.27. The fraction of sp³-hybridized carbons (Fsp3) is 0.704. The number of rotatable bonds is 7. The molecule has 8 nitrogen and oxygen atoms in total. The average Bonchev–Trinajstić information content (AvgIpc) is 3.08. The maximum atomic E-state index is 13.0. The first kappa shape index (κ1) is 25.6. The van der Waals surface area contributed by atoms with Gasteiger partial charge >= 0.3 is 5.97 Å². The molecule has 1 amide bonds. The van der Waals surface area contributed by atoms with E-state index in [0.29, 0.717) is 25.3 Å². The minimum absolute atomic E-state index is 0.0191. The van der Waals surface area contributed by atoms with E-state index < -0.39 is 29.9 Å². The molecule has 1 aromatic carbocycles. The lowest BCUT2D eigenvalue weighted by Gasteiger charge is -2.59. The Balaban J connectivity index is 1.15. The number of amides is 1. The van der Waals surface area contributed by atoms with E-state index in [1.807, 2.05) is 13.8 Å². The summed E-state index contributed by atoms with van der Waals surface area (Å²) in [5.41, 5.74) is 0.217. The third kappa shape index (κ3) is 4.78. The molecule has 4 aliphatic heterocycles. The average molecular weight is 506 g/mol. The topological polar surface area (TPSA) is 92.3 Å². The van der Waals surface area contributed by atoms with Crippen LogP contribution >= 0.6 is 0 Å². The first-order valence-corrected chi connectivity index (χ1v) is 13.1. The first-order valence-electron chi connectivity index (χ1n) is 13.1. The van der Waals surface area contributed by atoms with Crippen LogP contribution < -0.4 is 5.32 Å². The standard InChI is InChI=1S/C27H36FNO7/c1-16-4-9-21-17(2)24(33-25-27(21)20(16)12-14-26(3,34-25)35-36-27)32-23(31)11-10-22(30)29-15-13-18-5-7-19(28)8-6-18/h5-8,16-17,20-21,24-25H,4,9-15H2,1-3H3,(H,29,30)/t16-,17+,20-,21+,24+,25-,26-,27+/m0/s1. The summed E-state index contributed by atoms with van der Waals surface area (Å²) in [6.07, 6.45) is 2.71. The fourth-order valence-electron chi connectivity index (χ4n) is 6.50. The van der Waals surface area contributed by atoms with Crippen molar-refractivity contribution in [2.45, 2.75) is 89.7 Å². The fourth-order valence-corrected chi connectivity index (χ4v) is 6.50. The van der Waals surface area contributed by atoms with E-state index in [1.165, 1.54) is 12.1 Å². The van der Waals surface area contributed by atoms with Gasteiger partial charge in [-0.15, -0.1) is 0 Å². The van der Waals surface area contributed by atoms with Crippen LogP contribution in [0.2, 0.25) is 0 Å². The maximum Gasteiger partial charge on any atom is 0.308 e. The van der Waals surface area contributed by atoms with E-state index >= 15 is 0 Å². The van der Waals surface area contributed by atoms with Gasteiger partial charge in [-0.2, -0.15) is 0 Å². The molecule has 0 unspecified atom stereocenters. The lowest BCUT2D eigenvalue weighted by molar-refractivity contribution is -0.576. The molecule has 1 saturated carbocycles. The molecule has 5 fully saturated rings. The zero-order valence-corrected chi connectivity index (χ0v) is 21.2. The van der Waals surface area contributed by atoms with Crippen LogP contribution in [0.4, 0.5) is 4.39 Å². The minimum Gasteiger partial charge on any atom is -0.435 e. The van der Waals surface area contributed by atoms with Crippen LogP contribution in [0.3, 0.4) is 0 Å². The molecule has 4 saturated heterocycles. The predicted octanol–water partition coefficient (Wildman–Crippen LogP) is 4.02. The van der Waals surface area contributed by atoms with E-state index in [9.17, 15) is 14.0 Å². The molecular formula is C27H36FNO7. The van der Waals surface area contributed by atoms with Crippen LogP contribution in [0.1, 0.15) is 64.9 Å². The van der Waals surface area contributed by atoms with E-state index in [0.717, 1.165) is 24.8 Å². The number of nitrogens with one attached hydrogen (secondary N) is 1. The molecule has 1 N–H and O–H groups in total.